The second kappa shape index (κ2) is 13.0. The molecule has 3 heterocycles. The van der Waals surface area contributed by atoms with E-state index in [0.29, 0.717) is 47.6 Å². The molecule has 1 amide bonds. The van der Waals surface area contributed by atoms with Crippen molar-refractivity contribution in [2.45, 2.75) is 39.2 Å². The lowest BCUT2D eigenvalue weighted by Gasteiger charge is -2.37. The fourth-order valence-electron chi connectivity index (χ4n) is 5.37. The Balaban J connectivity index is 1.50. The molecule has 3 aliphatic heterocycles. The molecule has 5 rings (SSSR count). The van der Waals surface area contributed by atoms with Gasteiger partial charge in [-0.1, -0.05) is 65.8 Å². The Morgan fingerprint density at radius 1 is 1.02 bits per heavy atom. The molecule has 214 valence electrons. The van der Waals surface area contributed by atoms with Gasteiger partial charge in [0.15, 0.2) is 5.17 Å². The van der Waals surface area contributed by atoms with Crippen LogP contribution in [0.15, 0.2) is 76.3 Å². The maximum Gasteiger partial charge on any atom is 0.338 e. The van der Waals surface area contributed by atoms with Crippen molar-refractivity contribution < 1.29 is 23.9 Å². The van der Waals surface area contributed by atoms with Crippen LogP contribution in [0.3, 0.4) is 0 Å². The van der Waals surface area contributed by atoms with Crippen molar-refractivity contribution in [1.82, 2.24) is 9.80 Å². The number of rotatable bonds is 8. The Kier molecular flexibility index (Phi) is 9.15. The number of piperidine rings is 1. The van der Waals surface area contributed by atoms with Gasteiger partial charge >= 0.3 is 11.9 Å². The molecule has 0 bridgehead atoms. The topological polar surface area (TPSA) is 88.5 Å². The van der Waals surface area contributed by atoms with Crippen LogP contribution in [-0.4, -0.2) is 59.1 Å². The predicted molar refractivity (Wildman–Crippen MR) is 160 cm³/mol. The Labute approximate surface area is 249 Å². The molecule has 10 heteroatoms. The van der Waals surface area contributed by atoms with Crippen molar-refractivity contribution in [2.75, 3.05) is 26.3 Å². The highest BCUT2D eigenvalue weighted by Crippen LogP contribution is 2.47. The maximum absolute atomic E-state index is 13.6. The monoisotopic (exact) mass is 593 g/mol. The van der Waals surface area contributed by atoms with Crippen LogP contribution in [-0.2, 0) is 23.9 Å². The van der Waals surface area contributed by atoms with Gasteiger partial charge in [-0.3, -0.25) is 9.59 Å². The Bertz CT molecular complexity index is 1410. The van der Waals surface area contributed by atoms with E-state index < -0.39 is 12.0 Å². The van der Waals surface area contributed by atoms with E-state index in [1.165, 1.54) is 11.8 Å². The molecule has 1 saturated heterocycles. The van der Waals surface area contributed by atoms with Crippen LogP contribution in [0.25, 0.3) is 5.70 Å². The predicted octanol–water partition coefficient (Wildman–Crippen LogP) is 5.81. The van der Waals surface area contributed by atoms with E-state index in [1.807, 2.05) is 52.8 Å². The highest BCUT2D eigenvalue weighted by atomic mass is 35.5. The number of amides is 1. The van der Waals surface area contributed by atoms with Crippen molar-refractivity contribution in [1.29, 1.82) is 0 Å². The van der Waals surface area contributed by atoms with Crippen LogP contribution in [0.5, 0.6) is 0 Å². The van der Waals surface area contributed by atoms with Crippen LogP contribution in [0.2, 0.25) is 5.02 Å². The second-order valence-electron chi connectivity index (χ2n) is 9.90. The number of ether oxygens (including phenoxy) is 2. The minimum absolute atomic E-state index is 0.0857. The fourth-order valence-corrected chi connectivity index (χ4v) is 6.42. The van der Waals surface area contributed by atoms with Gasteiger partial charge < -0.3 is 19.3 Å². The molecular formula is C31H32ClN3O5S. The molecule has 8 nitrogen and oxygen atoms in total. The van der Waals surface area contributed by atoms with Crippen molar-refractivity contribution in [3.8, 4) is 0 Å². The number of thioether (sulfide) groups is 1. The van der Waals surface area contributed by atoms with Gasteiger partial charge in [-0.15, -0.1) is 0 Å². The number of esters is 2. The van der Waals surface area contributed by atoms with Gasteiger partial charge in [0.2, 0.25) is 5.91 Å². The van der Waals surface area contributed by atoms with E-state index in [0.717, 1.165) is 23.2 Å². The Morgan fingerprint density at radius 2 is 1.76 bits per heavy atom. The Morgan fingerprint density at radius 3 is 2.46 bits per heavy atom. The number of aliphatic imine (C=N–C) groups is 1. The normalized spacial score (nSPS) is 20.3. The highest BCUT2D eigenvalue weighted by molar-refractivity contribution is 8.16. The summed E-state index contributed by atoms with van der Waals surface area (Å²) in [6, 6.07) is 16.3. The molecule has 2 aromatic rings. The van der Waals surface area contributed by atoms with Crippen molar-refractivity contribution in [3.63, 3.8) is 0 Å². The lowest BCUT2D eigenvalue weighted by molar-refractivity contribution is -0.151. The summed E-state index contributed by atoms with van der Waals surface area (Å²) in [7, 11) is 0. The first kappa shape index (κ1) is 29.0. The SMILES string of the molecule is CCOC(=O)C1=C(c2ccccc2)N=C2SC=C(CC(=O)N3CCC[C@@H](C(=O)OCC)C3)N2[C@H]1c1ccc(Cl)cc1. The zero-order valence-corrected chi connectivity index (χ0v) is 24.6. The first-order valence-electron chi connectivity index (χ1n) is 13.8. The lowest BCUT2D eigenvalue weighted by atomic mass is 9.91. The molecule has 0 unspecified atom stereocenters. The molecule has 2 aromatic carbocycles. The average Bonchev–Trinajstić information content (AvgIpc) is 3.39. The first-order valence-corrected chi connectivity index (χ1v) is 15.1. The van der Waals surface area contributed by atoms with Gasteiger partial charge in [0.05, 0.1) is 42.9 Å². The van der Waals surface area contributed by atoms with Crippen molar-refractivity contribution in [3.05, 3.63) is 87.4 Å². The minimum Gasteiger partial charge on any atom is -0.466 e. The van der Waals surface area contributed by atoms with E-state index in [2.05, 4.69) is 0 Å². The second-order valence-corrected chi connectivity index (χ2v) is 11.2. The summed E-state index contributed by atoms with van der Waals surface area (Å²) < 4.78 is 10.8. The molecule has 1 fully saturated rings. The first-order chi connectivity index (χ1) is 19.9. The lowest BCUT2D eigenvalue weighted by Crippen LogP contribution is -2.44. The number of carbonyl (C=O) groups is 3. The summed E-state index contributed by atoms with van der Waals surface area (Å²) in [5.74, 6) is -1.13. The van der Waals surface area contributed by atoms with E-state index in [1.54, 1.807) is 30.9 Å². The zero-order chi connectivity index (χ0) is 28.9. The van der Waals surface area contributed by atoms with Crippen LogP contribution in [0.1, 0.15) is 50.3 Å². The number of benzene rings is 2. The third kappa shape index (κ3) is 6.21. The van der Waals surface area contributed by atoms with Crippen LogP contribution in [0.4, 0.5) is 0 Å². The van der Waals surface area contributed by atoms with E-state index in [-0.39, 0.29) is 30.8 Å². The number of likely N-dealkylation sites (tertiary alicyclic amines) is 1. The molecule has 0 spiro atoms. The summed E-state index contributed by atoms with van der Waals surface area (Å²) in [4.78, 5) is 48.2. The van der Waals surface area contributed by atoms with Gasteiger partial charge in [0.25, 0.3) is 0 Å². The van der Waals surface area contributed by atoms with Gasteiger partial charge in [0, 0.05) is 29.4 Å². The number of fused-ring (bicyclic) bond motifs is 1. The fraction of sp³-hybridized carbons (Fsp3) is 0.355. The number of amidine groups is 1. The molecule has 0 N–H and O–H groups in total. The summed E-state index contributed by atoms with van der Waals surface area (Å²) in [5.41, 5.74) is 3.28. The van der Waals surface area contributed by atoms with Gasteiger partial charge in [-0.05, 0) is 49.8 Å². The quantitative estimate of drug-likeness (QED) is 0.357. The third-order valence-corrected chi connectivity index (χ3v) is 8.41. The summed E-state index contributed by atoms with van der Waals surface area (Å²) >= 11 is 7.65. The summed E-state index contributed by atoms with van der Waals surface area (Å²) in [6.45, 7) is 5.01. The molecule has 2 atom stereocenters. The number of hydrogen-bond donors (Lipinski definition) is 0. The number of nitrogens with zero attached hydrogens (tertiary/aromatic N) is 3. The number of hydrogen-bond acceptors (Lipinski definition) is 8. The van der Waals surface area contributed by atoms with Gasteiger partial charge in [-0.2, -0.15) is 0 Å². The molecular weight excluding hydrogens is 562 g/mol. The Hall–Kier alpha value is -3.56. The molecule has 41 heavy (non-hydrogen) atoms. The third-order valence-electron chi connectivity index (χ3n) is 7.26. The van der Waals surface area contributed by atoms with Crippen LogP contribution in [0, 0.1) is 5.92 Å². The van der Waals surface area contributed by atoms with Crippen molar-refractivity contribution in [2.24, 2.45) is 10.9 Å². The van der Waals surface area contributed by atoms with E-state index >= 15 is 0 Å². The molecule has 0 aliphatic carbocycles. The maximum atomic E-state index is 13.6. The summed E-state index contributed by atoms with van der Waals surface area (Å²) in [6.07, 6.45) is 1.55. The summed E-state index contributed by atoms with van der Waals surface area (Å²) in [5, 5.41) is 3.16. The standard InChI is InChI=1S/C31H32ClN3O5S/c1-3-39-29(37)22-11-8-16-34(18-22)25(36)17-24-19-41-31-33-27(20-9-6-5-7-10-20)26(30(38)40-4-2)28(35(24)31)21-12-14-23(32)15-13-21/h5-7,9-10,12-15,19,22,28H,3-4,8,11,16-18H2,1-2H3/t22-,28+/m1/s1. The minimum atomic E-state index is -0.586. The molecule has 0 aromatic heterocycles. The van der Waals surface area contributed by atoms with Gasteiger partial charge in [0.1, 0.15) is 0 Å². The average molecular weight is 594 g/mol. The van der Waals surface area contributed by atoms with Crippen LogP contribution < -0.4 is 0 Å². The smallest absolute Gasteiger partial charge is 0.338 e. The van der Waals surface area contributed by atoms with Crippen molar-refractivity contribution >= 4 is 52.1 Å². The van der Waals surface area contributed by atoms with Gasteiger partial charge in [-0.25, -0.2) is 9.79 Å². The van der Waals surface area contributed by atoms with E-state index in [4.69, 9.17) is 26.1 Å². The molecule has 3 aliphatic rings. The highest BCUT2D eigenvalue weighted by Gasteiger charge is 2.43. The molecule has 0 radical (unpaired) electrons. The van der Waals surface area contributed by atoms with Crippen LogP contribution >= 0.6 is 23.4 Å². The number of carbonyl (C=O) groups excluding carboxylic acids is 3. The largest absolute Gasteiger partial charge is 0.466 e. The number of halogens is 1. The zero-order valence-electron chi connectivity index (χ0n) is 23.0. The molecule has 0 saturated carbocycles. The van der Waals surface area contributed by atoms with E-state index in [9.17, 15) is 14.4 Å².